The largest absolute Gasteiger partial charge is 0.350 e. The van der Waals surface area contributed by atoms with Gasteiger partial charge in [-0.15, -0.1) is 0 Å². The van der Waals surface area contributed by atoms with E-state index < -0.39 is 0 Å². The Morgan fingerprint density at radius 3 is 2.72 bits per heavy atom. The molecule has 0 unspecified atom stereocenters. The smallest absolute Gasteiger partial charge is 0.244 e. The van der Waals surface area contributed by atoms with Crippen molar-refractivity contribution in [3.8, 4) is 0 Å². The van der Waals surface area contributed by atoms with Gasteiger partial charge < -0.3 is 5.32 Å². The Bertz CT molecular complexity index is 465. The van der Waals surface area contributed by atoms with Crippen molar-refractivity contribution < 1.29 is 4.79 Å². The minimum Gasteiger partial charge on any atom is -0.350 e. The van der Waals surface area contributed by atoms with Crippen LogP contribution in [0.4, 0.5) is 0 Å². The Hall–Kier alpha value is -0.990. The molecule has 4 heteroatoms. The van der Waals surface area contributed by atoms with Crippen molar-refractivity contribution in [3.05, 3.63) is 39.9 Å². The van der Waals surface area contributed by atoms with Crippen molar-refractivity contribution in [3.63, 3.8) is 0 Å². The molecule has 1 aromatic rings. The first-order valence-electron chi connectivity index (χ1n) is 6.09. The Morgan fingerprint density at radius 2 is 2.00 bits per heavy atom. The van der Waals surface area contributed by atoms with Gasteiger partial charge in [0.2, 0.25) is 5.91 Å². The summed E-state index contributed by atoms with van der Waals surface area (Å²) in [7, 11) is 0. The summed E-state index contributed by atoms with van der Waals surface area (Å²) in [4.78, 5) is 11.7. The van der Waals surface area contributed by atoms with Crippen LogP contribution in [0, 0.1) is 0 Å². The number of amides is 1. The second-order valence-electron chi connectivity index (χ2n) is 4.49. The van der Waals surface area contributed by atoms with E-state index in [2.05, 4.69) is 5.32 Å². The van der Waals surface area contributed by atoms with Gasteiger partial charge in [-0.3, -0.25) is 4.79 Å². The summed E-state index contributed by atoms with van der Waals surface area (Å²) in [5, 5.41) is 4.18. The molecule has 0 aliphatic heterocycles. The van der Waals surface area contributed by atoms with Crippen LogP contribution in [0.15, 0.2) is 24.3 Å². The van der Waals surface area contributed by atoms with Crippen LogP contribution < -0.4 is 5.32 Å². The van der Waals surface area contributed by atoms with E-state index in [1.54, 1.807) is 24.3 Å². The third-order valence-electron chi connectivity index (χ3n) is 3.07. The fourth-order valence-electron chi connectivity index (χ4n) is 2.13. The zero-order valence-corrected chi connectivity index (χ0v) is 11.5. The van der Waals surface area contributed by atoms with Gasteiger partial charge in [0.05, 0.1) is 0 Å². The summed E-state index contributed by atoms with van der Waals surface area (Å²) in [6, 6.07) is 5.51. The summed E-state index contributed by atoms with van der Waals surface area (Å²) >= 11 is 11.9. The number of benzene rings is 1. The lowest BCUT2D eigenvalue weighted by atomic mass is 10.2. The fraction of sp³-hybridized carbons (Fsp3) is 0.357. The van der Waals surface area contributed by atoms with E-state index >= 15 is 0 Å². The van der Waals surface area contributed by atoms with Gasteiger partial charge in [-0.25, -0.2) is 0 Å². The van der Waals surface area contributed by atoms with Gasteiger partial charge in [0, 0.05) is 22.2 Å². The van der Waals surface area contributed by atoms with Crippen molar-refractivity contribution in [1.82, 2.24) is 5.32 Å². The zero-order chi connectivity index (χ0) is 13.0. The van der Waals surface area contributed by atoms with E-state index in [-0.39, 0.29) is 5.91 Å². The SMILES string of the molecule is O=C(/C=C\c1cc(Cl)ccc1Cl)NC1CCCC1. The third kappa shape index (κ3) is 3.76. The minimum absolute atomic E-state index is 0.0713. The first kappa shape index (κ1) is 13.4. The van der Waals surface area contributed by atoms with E-state index in [0.717, 1.165) is 18.4 Å². The number of halogens is 2. The summed E-state index contributed by atoms with van der Waals surface area (Å²) in [6.07, 6.45) is 7.77. The molecular weight excluding hydrogens is 269 g/mol. The molecule has 0 atom stereocenters. The number of hydrogen-bond donors (Lipinski definition) is 1. The average molecular weight is 284 g/mol. The van der Waals surface area contributed by atoms with Crippen LogP contribution in [0.1, 0.15) is 31.2 Å². The molecule has 1 aromatic carbocycles. The molecule has 96 valence electrons. The van der Waals surface area contributed by atoms with Gasteiger partial charge in [0.25, 0.3) is 0 Å². The van der Waals surface area contributed by atoms with E-state index in [1.165, 1.54) is 18.9 Å². The van der Waals surface area contributed by atoms with Gasteiger partial charge in [-0.05, 0) is 42.7 Å². The number of carbonyl (C=O) groups excluding carboxylic acids is 1. The molecule has 1 amide bonds. The molecule has 0 aromatic heterocycles. The predicted molar refractivity (Wildman–Crippen MR) is 75.9 cm³/mol. The van der Waals surface area contributed by atoms with Gasteiger partial charge >= 0.3 is 0 Å². The lowest BCUT2D eigenvalue weighted by molar-refractivity contribution is -0.117. The van der Waals surface area contributed by atoms with Gasteiger partial charge in [-0.2, -0.15) is 0 Å². The molecule has 1 aliphatic carbocycles. The fourth-order valence-corrected chi connectivity index (χ4v) is 2.49. The zero-order valence-electron chi connectivity index (χ0n) is 9.96. The van der Waals surface area contributed by atoms with Crippen molar-refractivity contribution in [2.24, 2.45) is 0 Å². The highest BCUT2D eigenvalue weighted by atomic mass is 35.5. The summed E-state index contributed by atoms with van der Waals surface area (Å²) < 4.78 is 0. The van der Waals surface area contributed by atoms with E-state index in [4.69, 9.17) is 23.2 Å². The maximum Gasteiger partial charge on any atom is 0.244 e. The van der Waals surface area contributed by atoms with Crippen LogP contribution in [0.5, 0.6) is 0 Å². The molecule has 0 bridgehead atoms. The van der Waals surface area contributed by atoms with Crippen LogP contribution in [0.25, 0.3) is 6.08 Å². The van der Waals surface area contributed by atoms with Gasteiger partial charge in [0.15, 0.2) is 0 Å². The molecule has 2 nitrogen and oxygen atoms in total. The van der Waals surface area contributed by atoms with Gasteiger partial charge in [0.1, 0.15) is 0 Å². The van der Waals surface area contributed by atoms with Crippen molar-refractivity contribution in [1.29, 1.82) is 0 Å². The average Bonchev–Trinajstić information content (AvgIpc) is 2.83. The van der Waals surface area contributed by atoms with E-state index in [1.807, 2.05) is 0 Å². The number of hydrogen-bond acceptors (Lipinski definition) is 1. The molecule has 18 heavy (non-hydrogen) atoms. The normalized spacial score (nSPS) is 16.3. The topological polar surface area (TPSA) is 29.1 Å². The van der Waals surface area contributed by atoms with Crippen LogP contribution in [-0.2, 0) is 4.79 Å². The van der Waals surface area contributed by atoms with Crippen LogP contribution in [-0.4, -0.2) is 11.9 Å². The Balaban J connectivity index is 1.96. The van der Waals surface area contributed by atoms with Gasteiger partial charge in [-0.1, -0.05) is 36.0 Å². The second kappa shape index (κ2) is 6.26. The van der Waals surface area contributed by atoms with Crippen molar-refractivity contribution in [2.75, 3.05) is 0 Å². The molecule has 0 radical (unpaired) electrons. The lowest BCUT2D eigenvalue weighted by Gasteiger charge is -2.09. The molecular formula is C14H15Cl2NO. The molecule has 1 fully saturated rings. The number of nitrogens with one attached hydrogen (secondary N) is 1. The molecule has 2 rings (SSSR count). The monoisotopic (exact) mass is 283 g/mol. The quantitative estimate of drug-likeness (QED) is 0.833. The molecule has 0 spiro atoms. The number of rotatable bonds is 3. The van der Waals surface area contributed by atoms with E-state index in [0.29, 0.717) is 16.1 Å². The Labute approximate surface area is 117 Å². The van der Waals surface area contributed by atoms with Crippen molar-refractivity contribution in [2.45, 2.75) is 31.7 Å². The number of carbonyl (C=O) groups is 1. The van der Waals surface area contributed by atoms with Crippen LogP contribution in [0.3, 0.4) is 0 Å². The maximum absolute atomic E-state index is 11.7. The first-order chi connectivity index (χ1) is 8.65. The maximum atomic E-state index is 11.7. The lowest BCUT2D eigenvalue weighted by Crippen LogP contribution is -2.30. The highest BCUT2D eigenvalue weighted by Gasteiger charge is 2.15. The standard InChI is InChI=1S/C14H15Cl2NO/c15-11-6-7-13(16)10(9-11)5-8-14(18)17-12-3-1-2-4-12/h5-9,12H,1-4H2,(H,17,18)/b8-5-. The molecule has 0 saturated heterocycles. The minimum atomic E-state index is -0.0713. The first-order valence-corrected chi connectivity index (χ1v) is 6.84. The highest BCUT2D eigenvalue weighted by Crippen LogP contribution is 2.22. The summed E-state index contributed by atoms with van der Waals surface area (Å²) in [5.41, 5.74) is 0.755. The summed E-state index contributed by atoms with van der Waals surface area (Å²) in [6.45, 7) is 0. The highest BCUT2D eigenvalue weighted by molar-refractivity contribution is 6.34. The van der Waals surface area contributed by atoms with Crippen molar-refractivity contribution >= 4 is 35.2 Å². The molecule has 1 N–H and O–H groups in total. The predicted octanol–water partition coefficient (Wildman–Crippen LogP) is 4.07. The molecule has 1 aliphatic rings. The Morgan fingerprint density at radius 1 is 1.28 bits per heavy atom. The molecule has 1 saturated carbocycles. The van der Waals surface area contributed by atoms with E-state index in [9.17, 15) is 4.79 Å². The molecule has 0 heterocycles. The van der Waals surface area contributed by atoms with Crippen LogP contribution in [0.2, 0.25) is 10.0 Å². The summed E-state index contributed by atoms with van der Waals surface area (Å²) in [5.74, 6) is -0.0713. The third-order valence-corrected chi connectivity index (χ3v) is 3.65. The Kier molecular flexibility index (Phi) is 4.67. The second-order valence-corrected chi connectivity index (χ2v) is 5.33. The van der Waals surface area contributed by atoms with Crippen LogP contribution >= 0.6 is 23.2 Å².